The Morgan fingerprint density at radius 2 is 1.24 bits per heavy atom. The van der Waals surface area contributed by atoms with E-state index in [9.17, 15) is 14.4 Å². The van der Waals surface area contributed by atoms with E-state index >= 15 is 0 Å². The molecule has 0 spiro atoms. The number of alkyl carbamates (subject to hydrolysis) is 1. The van der Waals surface area contributed by atoms with Gasteiger partial charge < -0.3 is 19.7 Å². The molecule has 1 aliphatic heterocycles. The number of carbonyl (C=O) groups excluding carboxylic acids is 3. The van der Waals surface area contributed by atoms with Crippen LogP contribution in [0.3, 0.4) is 0 Å². The van der Waals surface area contributed by atoms with Gasteiger partial charge >= 0.3 is 12.1 Å². The highest BCUT2D eigenvalue weighted by Crippen LogP contribution is 2.45. The van der Waals surface area contributed by atoms with Gasteiger partial charge in [0.2, 0.25) is 5.91 Å². The monoisotopic (exact) mass is 684 g/mol. The number of nitrogens with one attached hydrogen (secondary N) is 1. The first-order chi connectivity index (χ1) is 24.5. The summed E-state index contributed by atoms with van der Waals surface area (Å²) in [7, 11) is 0. The Labute approximate surface area is 296 Å². The second-order valence-electron chi connectivity index (χ2n) is 12.6. The normalized spacial score (nSPS) is 14.4. The molecule has 0 saturated carbocycles. The van der Waals surface area contributed by atoms with Crippen LogP contribution in [0, 0.1) is 0 Å². The second-order valence-corrected chi connectivity index (χ2v) is 13.0. The average molecular weight is 685 g/mol. The predicted octanol–water partition coefficient (Wildman–Crippen LogP) is 8.09. The first-order valence-electron chi connectivity index (χ1n) is 16.9. The number of benzene rings is 5. The van der Waals surface area contributed by atoms with Crippen LogP contribution >= 0.6 is 11.6 Å². The molecule has 1 atom stereocenters. The fourth-order valence-electron chi connectivity index (χ4n) is 7.26. The minimum absolute atomic E-state index is 0.0760. The quantitative estimate of drug-likeness (QED) is 0.119. The molecule has 7 nitrogen and oxygen atoms in total. The highest BCUT2D eigenvalue weighted by atomic mass is 35.5. The van der Waals surface area contributed by atoms with E-state index in [4.69, 9.17) is 21.1 Å². The standard InChI is InChI=1S/C42H37ClN2O5/c43-37-24-12-11-23-36(37)42(29-15-3-1-4-16-29,30-17-5-2-6-18-30)50-39(46)27-38(40(47)45-25-13-14-26-45)44-41(48)49-28-35-33-21-9-7-19-31(33)32-20-8-10-22-34(32)35/h1-12,15-24,35,38H,13-14,25-28H2,(H,44,48)/t38-/m0/s1. The van der Waals surface area contributed by atoms with Crippen molar-refractivity contribution >= 4 is 29.6 Å². The lowest BCUT2D eigenvalue weighted by Crippen LogP contribution is -2.49. The molecular weight excluding hydrogens is 648 g/mol. The molecule has 1 saturated heterocycles. The molecule has 8 heteroatoms. The van der Waals surface area contributed by atoms with E-state index in [1.807, 2.05) is 115 Å². The van der Waals surface area contributed by atoms with Crippen LogP contribution in [0.4, 0.5) is 4.79 Å². The molecule has 5 aromatic carbocycles. The van der Waals surface area contributed by atoms with E-state index in [0.717, 1.165) is 35.1 Å². The molecule has 2 aliphatic rings. The molecule has 2 amide bonds. The van der Waals surface area contributed by atoms with Crippen molar-refractivity contribution < 1.29 is 23.9 Å². The Kier molecular flexibility index (Phi) is 9.67. The molecule has 7 rings (SSSR count). The van der Waals surface area contributed by atoms with Crippen molar-refractivity contribution in [2.24, 2.45) is 0 Å². The number of fused-ring (bicyclic) bond motifs is 3. The summed E-state index contributed by atoms with van der Waals surface area (Å²) in [6.07, 6.45) is 0.517. The SMILES string of the molecule is O=C(C[C@H](NC(=O)OCC1c2ccccc2-c2ccccc21)C(=O)N1CCCC1)OC(c1ccccc1)(c1ccccc1)c1ccccc1Cl. The van der Waals surface area contributed by atoms with Crippen LogP contribution in [0.5, 0.6) is 0 Å². The smallest absolute Gasteiger partial charge is 0.407 e. The zero-order valence-corrected chi connectivity index (χ0v) is 28.2. The van der Waals surface area contributed by atoms with Crippen molar-refractivity contribution in [2.75, 3.05) is 19.7 Å². The second kappa shape index (κ2) is 14.6. The number of hydrogen-bond acceptors (Lipinski definition) is 5. The van der Waals surface area contributed by atoms with Crippen LogP contribution in [0.1, 0.15) is 53.0 Å². The van der Waals surface area contributed by atoms with E-state index < -0.39 is 30.1 Å². The zero-order valence-electron chi connectivity index (χ0n) is 27.5. The number of esters is 1. The van der Waals surface area contributed by atoms with Crippen molar-refractivity contribution in [1.29, 1.82) is 0 Å². The average Bonchev–Trinajstić information content (AvgIpc) is 3.81. The van der Waals surface area contributed by atoms with Gasteiger partial charge in [0.05, 0.1) is 6.42 Å². The number of amides is 2. The third-order valence-electron chi connectivity index (χ3n) is 9.60. The Morgan fingerprint density at radius 1 is 0.720 bits per heavy atom. The van der Waals surface area contributed by atoms with Crippen LogP contribution < -0.4 is 5.32 Å². The number of nitrogens with zero attached hydrogens (tertiary/aromatic N) is 1. The number of rotatable bonds is 10. The largest absolute Gasteiger partial charge is 0.449 e. The van der Waals surface area contributed by atoms with Gasteiger partial charge in [0.1, 0.15) is 12.6 Å². The Balaban J connectivity index is 1.16. The molecule has 0 aromatic heterocycles. The van der Waals surface area contributed by atoms with E-state index in [0.29, 0.717) is 34.8 Å². The van der Waals surface area contributed by atoms with Crippen molar-refractivity contribution in [3.63, 3.8) is 0 Å². The Hall–Kier alpha value is -5.40. The lowest BCUT2D eigenvalue weighted by molar-refractivity contribution is -0.156. The summed E-state index contributed by atoms with van der Waals surface area (Å²) >= 11 is 6.83. The number of ether oxygens (including phenoxy) is 2. The molecule has 1 fully saturated rings. The molecular formula is C42H37ClN2O5. The summed E-state index contributed by atoms with van der Waals surface area (Å²) < 4.78 is 12.3. The summed E-state index contributed by atoms with van der Waals surface area (Å²) in [5.74, 6) is -1.19. The van der Waals surface area contributed by atoms with E-state index in [1.165, 1.54) is 0 Å². The fraction of sp³-hybridized carbons (Fsp3) is 0.214. The van der Waals surface area contributed by atoms with Gasteiger partial charge in [0.15, 0.2) is 5.60 Å². The number of halogens is 1. The van der Waals surface area contributed by atoms with E-state index in [2.05, 4.69) is 17.4 Å². The van der Waals surface area contributed by atoms with Gasteiger partial charge in [-0.3, -0.25) is 9.59 Å². The predicted molar refractivity (Wildman–Crippen MR) is 193 cm³/mol. The Bertz CT molecular complexity index is 1910. The minimum atomic E-state index is -1.44. The molecule has 1 heterocycles. The van der Waals surface area contributed by atoms with Crippen LogP contribution in [0.2, 0.25) is 5.02 Å². The highest BCUT2D eigenvalue weighted by molar-refractivity contribution is 6.31. The van der Waals surface area contributed by atoms with Crippen molar-refractivity contribution in [1.82, 2.24) is 10.2 Å². The van der Waals surface area contributed by atoms with Crippen molar-refractivity contribution in [2.45, 2.75) is 36.8 Å². The fourth-order valence-corrected chi connectivity index (χ4v) is 7.53. The Morgan fingerprint density at radius 3 is 1.82 bits per heavy atom. The molecule has 1 N–H and O–H groups in total. The maximum Gasteiger partial charge on any atom is 0.407 e. The van der Waals surface area contributed by atoms with Crippen LogP contribution in [0.25, 0.3) is 11.1 Å². The molecule has 50 heavy (non-hydrogen) atoms. The summed E-state index contributed by atoms with van der Waals surface area (Å²) in [6, 6.07) is 41.0. The van der Waals surface area contributed by atoms with E-state index in [-0.39, 0.29) is 18.4 Å². The van der Waals surface area contributed by atoms with Gasteiger partial charge in [-0.15, -0.1) is 0 Å². The summed E-state index contributed by atoms with van der Waals surface area (Å²) in [4.78, 5) is 43.2. The van der Waals surface area contributed by atoms with Crippen molar-refractivity contribution in [3.8, 4) is 11.1 Å². The molecule has 1 aliphatic carbocycles. The lowest BCUT2D eigenvalue weighted by Gasteiger charge is -2.36. The van der Waals surface area contributed by atoms with Gasteiger partial charge in [-0.2, -0.15) is 0 Å². The van der Waals surface area contributed by atoms with Gasteiger partial charge in [0, 0.05) is 40.7 Å². The van der Waals surface area contributed by atoms with Gasteiger partial charge in [0.25, 0.3) is 0 Å². The van der Waals surface area contributed by atoms with Crippen molar-refractivity contribution in [3.05, 3.63) is 166 Å². The number of carbonyl (C=O) groups is 3. The van der Waals surface area contributed by atoms with E-state index in [1.54, 1.807) is 11.0 Å². The first-order valence-corrected chi connectivity index (χ1v) is 17.3. The molecule has 5 aromatic rings. The third-order valence-corrected chi connectivity index (χ3v) is 9.93. The maximum atomic E-state index is 14.2. The number of likely N-dealkylation sites (tertiary alicyclic amines) is 1. The minimum Gasteiger partial charge on any atom is -0.449 e. The molecule has 0 radical (unpaired) electrons. The van der Waals surface area contributed by atoms with Gasteiger partial charge in [-0.25, -0.2) is 4.79 Å². The van der Waals surface area contributed by atoms with Gasteiger partial charge in [-0.1, -0.05) is 139 Å². The number of hydrogen-bond donors (Lipinski definition) is 1. The zero-order chi connectivity index (χ0) is 34.5. The molecule has 0 unspecified atom stereocenters. The third kappa shape index (κ3) is 6.49. The summed E-state index contributed by atoms with van der Waals surface area (Å²) in [6.45, 7) is 1.18. The summed E-state index contributed by atoms with van der Waals surface area (Å²) in [5.41, 5.74) is 4.86. The molecule has 252 valence electrons. The first kappa shape index (κ1) is 33.1. The maximum absolute atomic E-state index is 14.2. The lowest BCUT2D eigenvalue weighted by atomic mass is 9.80. The van der Waals surface area contributed by atoms with Crippen LogP contribution in [-0.2, 0) is 24.7 Å². The summed E-state index contributed by atoms with van der Waals surface area (Å²) in [5, 5.41) is 3.15. The van der Waals surface area contributed by atoms with Gasteiger partial charge in [-0.05, 0) is 41.2 Å². The van der Waals surface area contributed by atoms with Crippen LogP contribution in [-0.4, -0.2) is 48.6 Å². The molecule has 0 bridgehead atoms. The topological polar surface area (TPSA) is 84.9 Å². The highest BCUT2D eigenvalue weighted by Gasteiger charge is 2.43. The van der Waals surface area contributed by atoms with Crippen LogP contribution in [0.15, 0.2) is 133 Å².